The van der Waals surface area contributed by atoms with Crippen molar-refractivity contribution in [1.82, 2.24) is 18.9 Å². The van der Waals surface area contributed by atoms with Crippen molar-refractivity contribution in [2.24, 2.45) is 0 Å². The van der Waals surface area contributed by atoms with E-state index in [-0.39, 0.29) is 0 Å². The zero-order valence-electron chi connectivity index (χ0n) is 28.2. The molecule has 0 saturated carbocycles. The van der Waals surface area contributed by atoms with Crippen molar-refractivity contribution < 1.29 is 0 Å². The van der Waals surface area contributed by atoms with Crippen molar-refractivity contribution in [3.05, 3.63) is 158 Å². The molecule has 0 spiro atoms. The van der Waals surface area contributed by atoms with Gasteiger partial charge in [0.25, 0.3) is 0 Å². The Labute approximate surface area is 305 Å². The predicted octanol–water partition coefficient (Wildman–Crippen LogP) is 13.1. The molecule has 0 saturated heterocycles. The predicted molar refractivity (Wildman–Crippen MR) is 224 cm³/mol. The van der Waals surface area contributed by atoms with Gasteiger partial charge in [-0.1, -0.05) is 127 Å². The minimum atomic E-state index is 0.832. The third kappa shape index (κ3) is 3.50. The molecule has 0 N–H and O–H groups in total. The first kappa shape index (κ1) is 27.8. The van der Waals surface area contributed by atoms with Gasteiger partial charge in [0.2, 0.25) is 0 Å². The summed E-state index contributed by atoms with van der Waals surface area (Å²) >= 11 is 1.87. The SMILES string of the molecule is c1ccc(-c2nc3c(ccc4ccccc43)nc2-n2c3cccc4c5cccc6c7ccccc7n(c56)c5c6c(cc2c5c43)sc2ccccc26)cc1. The van der Waals surface area contributed by atoms with Crippen LogP contribution in [0.5, 0.6) is 0 Å². The quantitative estimate of drug-likeness (QED) is 0.169. The molecule has 244 valence electrons. The van der Waals surface area contributed by atoms with E-state index in [9.17, 15) is 0 Å². The number of fused-ring (bicyclic) bond motifs is 12. The van der Waals surface area contributed by atoms with Gasteiger partial charge in [-0.05, 0) is 41.1 Å². The van der Waals surface area contributed by atoms with E-state index in [4.69, 9.17) is 9.97 Å². The van der Waals surface area contributed by atoms with Gasteiger partial charge < -0.3 is 4.40 Å². The number of hydrogen-bond donors (Lipinski definition) is 0. The Hall–Kier alpha value is -6.82. The lowest BCUT2D eigenvalue weighted by molar-refractivity contribution is 1.08. The molecule has 5 heteroatoms. The molecule has 0 amide bonds. The van der Waals surface area contributed by atoms with E-state index < -0.39 is 0 Å². The molecule has 0 aliphatic rings. The first-order valence-electron chi connectivity index (χ1n) is 18.0. The first-order valence-corrected chi connectivity index (χ1v) is 18.8. The average Bonchev–Trinajstić information content (AvgIpc) is 3.84. The van der Waals surface area contributed by atoms with Gasteiger partial charge in [0, 0.05) is 58.1 Å². The summed E-state index contributed by atoms with van der Waals surface area (Å²) in [6.07, 6.45) is 0. The summed E-state index contributed by atoms with van der Waals surface area (Å²) in [6.45, 7) is 0. The highest BCUT2D eigenvalue weighted by Crippen LogP contribution is 2.49. The molecular weight excluding hydrogens is 665 g/mol. The van der Waals surface area contributed by atoms with Crippen LogP contribution in [0.15, 0.2) is 158 Å². The largest absolute Gasteiger partial charge is 0.307 e. The second-order valence-electron chi connectivity index (χ2n) is 14.1. The van der Waals surface area contributed by atoms with E-state index in [0.29, 0.717) is 0 Å². The van der Waals surface area contributed by atoms with Gasteiger partial charge in [0.05, 0.1) is 38.6 Å². The number of benzene rings is 8. The monoisotopic (exact) mass is 690 g/mol. The van der Waals surface area contributed by atoms with Crippen molar-refractivity contribution >= 4 is 113 Å². The maximum absolute atomic E-state index is 5.59. The number of nitrogens with zero attached hydrogens (tertiary/aromatic N) is 4. The average molecular weight is 691 g/mol. The van der Waals surface area contributed by atoms with Crippen molar-refractivity contribution in [3.63, 3.8) is 0 Å². The molecule has 5 heterocycles. The molecule has 13 aromatic rings. The highest BCUT2D eigenvalue weighted by molar-refractivity contribution is 7.26. The number of aromatic nitrogens is 4. The third-order valence-corrected chi connectivity index (χ3v) is 12.5. The highest BCUT2D eigenvalue weighted by Gasteiger charge is 2.27. The molecule has 53 heavy (non-hydrogen) atoms. The van der Waals surface area contributed by atoms with Gasteiger partial charge in [-0.25, -0.2) is 9.97 Å². The van der Waals surface area contributed by atoms with Crippen molar-refractivity contribution in [1.29, 1.82) is 0 Å². The minimum Gasteiger partial charge on any atom is -0.307 e. The maximum Gasteiger partial charge on any atom is 0.165 e. The highest BCUT2D eigenvalue weighted by atomic mass is 32.1. The summed E-state index contributed by atoms with van der Waals surface area (Å²) in [6, 6.07) is 57.1. The Morgan fingerprint density at radius 1 is 0.434 bits per heavy atom. The molecular formula is C48H26N4S. The van der Waals surface area contributed by atoms with Crippen molar-refractivity contribution in [3.8, 4) is 17.1 Å². The topological polar surface area (TPSA) is 35.1 Å². The molecule has 0 bridgehead atoms. The standard InChI is InChI=1S/C48H26N4S/c1-2-13-28(14-3-1)44-48(49-35-25-24-27-12-4-5-15-29(27)45(35)50-44)51-37-22-11-18-31-33-20-10-19-32-30-16-6-8-21-36(30)52(46(32)33)47-42-34-17-7-9-23-39(34)53-40(42)26-38(51)43(47)41(31)37/h1-26H. The Bertz CT molecular complexity index is 3680. The van der Waals surface area contributed by atoms with Crippen LogP contribution in [0.25, 0.3) is 119 Å². The van der Waals surface area contributed by atoms with E-state index in [1.54, 1.807) is 0 Å². The summed E-state index contributed by atoms with van der Waals surface area (Å²) in [5.41, 5.74) is 9.66. The number of hydrogen-bond acceptors (Lipinski definition) is 3. The van der Waals surface area contributed by atoms with Crippen LogP contribution in [0.1, 0.15) is 0 Å². The second kappa shape index (κ2) is 9.94. The molecule has 0 atom stereocenters. The molecule has 0 fully saturated rings. The molecule has 0 aliphatic carbocycles. The Kier molecular flexibility index (Phi) is 5.22. The number of rotatable bonds is 2. The van der Waals surface area contributed by atoms with Crippen LogP contribution >= 0.6 is 11.3 Å². The zero-order chi connectivity index (χ0) is 34.4. The van der Waals surface area contributed by atoms with Gasteiger partial charge in [-0.15, -0.1) is 11.3 Å². The fourth-order valence-electron chi connectivity index (χ4n) is 9.26. The Morgan fingerprint density at radius 2 is 1.13 bits per heavy atom. The second-order valence-corrected chi connectivity index (χ2v) is 15.2. The summed E-state index contributed by atoms with van der Waals surface area (Å²) in [5.74, 6) is 0.832. The molecule has 0 radical (unpaired) electrons. The van der Waals surface area contributed by atoms with E-state index in [1.807, 2.05) is 11.3 Å². The van der Waals surface area contributed by atoms with E-state index >= 15 is 0 Å². The van der Waals surface area contributed by atoms with E-state index in [2.05, 4.69) is 167 Å². The van der Waals surface area contributed by atoms with Crippen molar-refractivity contribution in [2.75, 3.05) is 0 Å². The van der Waals surface area contributed by atoms with E-state index in [1.165, 1.54) is 69.0 Å². The third-order valence-electron chi connectivity index (χ3n) is 11.4. The number of para-hydroxylation sites is 2. The van der Waals surface area contributed by atoms with Crippen LogP contribution in [-0.2, 0) is 0 Å². The zero-order valence-corrected chi connectivity index (χ0v) is 29.0. The van der Waals surface area contributed by atoms with Crippen LogP contribution in [0, 0.1) is 0 Å². The van der Waals surface area contributed by atoms with Crippen LogP contribution in [0.2, 0.25) is 0 Å². The molecule has 0 unspecified atom stereocenters. The lowest BCUT2D eigenvalue weighted by Crippen LogP contribution is -2.04. The Morgan fingerprint density at radius 3 is 2.04 bits per heavy atom. The van der Waals surface area contributed by atoms with Crippen LogP contribution in [0.3, 0.4) is 0 Å². The molecule has 13 rings (SSSR count). The minimum absolute atomic E-state index is 0.832. The van der Waals surface area contributed by atoms with Crippen LogP contribution in [-0.4, -0.2) is 18.9 Å². The van der Waals surface area contributed by atoms with Crippen LogP contribution < -0.4 is 0 Å². The smallest absolute Gasteiger partial charge is 0.165 e. The van der Waals surface area contributed by atoms with Gasteiger partial charge in [0.15, 0.2) is 5.82 Å². The van der Waals surface area contributed by atoms with Gasteiger partial charge in [-0.2, -0.15) is 0 Å². The lowest BCUT2D eigenvalue weighted by atomic mass is 10.0. The Balaban J connectivity index is 1.34. The van der Waals surface area contributed by atoms with Gasteiger partial charge >= 0.3 is 0 Å². The molecule has 4 nitrogen and oxygen atoms in total. The fourth-order valence-corrected chi connectivity index (χ4v) is 10.4. The molecule has 5 aromatic heterocycles. The summed E-state index contributed by atoms with van der Waals surface area (Å²) < 4.78 is 7.52. The molecule has 0 aliphatic heterocycles. The van der Waals surface area contributed by atoms with Gasteiger partial charge in [0.1, 0.15) is 5.69 Å². The number of thiophene rings is 1. The summed E-state index contributed by atoms with van der Waals surface area (Å²) in [5, 5.41) is 12.4. The summed E-state index contributed by atoms with van der Waals surface area (Å²) in [7, 11) is 0. The normalized spacial score (nSPS) is 12.5. The summed E-state index contributed by atoms with van der Waals surface area (Å²) in [4.78, 5) is 11.1. The maximum atomic E-state index is 5.59. The van der Waals surface area contributed by atoms with Crippen molar-refractivity contribution in [2.45, 2.75) is 0 Å². The van der Waals surface area contributed by atoms with Gasteiger partial charge in [-0.3, -0.25) is 4.57 Å². The van der Waals surface area contributed by atoms with E-state index in [0.717, 1.165) is 49.9 Å². The lowest BCUT2D eigenvalue weighted by Gasteiger charge is -2.15. The van der Waals surface area contributed by atoms with Crippen LogP contribution in [0.4, 0.5) is 0 Å². The first-order chi connectivity index (χ1) is 26.3. The molecule has 8 aromatic carbocycles. The fraction of sp³-hybridized carbons (Fsp3) is 0.